The van der Waals surface area contributed by atoms with E-state index in [0.29, 0.717) is 27.7 Å². The minimum Gasteiger partial charge on any atom is -0.437 e. The molecule has 5 nitrogen and oxygen atoms in total. The molecule has 0 spiro atoms. The molecule has 2 aromatic carbocycles. The number of fused-ring (bicyclic) bond motifs is 1. The quantitative estimate of drug-likeness (QED) is 0.655. The van der Waals surface area contributed by atoms with E-state index in [2.05, 4.69) is 9.97 Å². The molecule has 0 amide bonds. The molecular weight excluding hydrogens is 340 g/mol. The number of methoxy groups -OCH3 is 1. The molecule has 1 atom stereocenters. The number of hydrogen-bond acceptors (Lipinski definition) is 5. The number of halogens is 1. The summed E-state index contributed by atoms with van der Waals surface area (Å²) in [6, 6.07) is 12.6. The van der Waals surface area contributed by atoms with Crippen LogP contribution in [0, 0.1) is 0 Å². The normalized spacial score (nSPS) is 12.1. The lowest BCUT2D eigenvalue weighted by Crippen LogP contribution is -2.14. The Bertz CT molecular complexity index is 897. The van der Waals surface area contributed by atoms with E-state index in [1.165, 1.54) is 7.11 Å². The Morgan fingerprint density at radius 3 is 2.64 bits per heavy atom. The van der Waals surface area contributed by atoms with Crippen molar-refractivity contribution in [3.8, 4) is 11.6 Å². The Morgan fingerprint density at radius 2 is 1.92 bits per heavy atom. The van der Waals surface area contributed by atoms with Crippen molar-refractivity contribution < 1.29 is 14.3 Å². The van der Waals surface area contributed by atoms with Gasteiger partial charge in [0.05, 0.1) is 17.2 Å². The molecule has 0 fully saturated rings. The molecule has 1 unspecified atom stereocenters. The molecule has 128 valence electrons. The molecular formula is C19H17ClN2O3. The number of nitrogens with zero attached hydrogens (tertiary/aromatic N) is 2. The zero-order chi connectivity index (χ0) is 17.8. The number of rotatable bonds is 6. The highest BCUT2D eigenvalue weighted by Gasteiger charge is 2.15. The highest BCUT2D eigenvalue weighted by Crippen LogP contribution is 2.25. The summed E-state index contributed by atoms with van der Waals surface area (Å²) in [5.74, 6) is 0.832. The molecule has 1 aromatic heterocycles. The maximum Gasteiger partial charge on any atom is 0.238 e. The summed E-state index contributed by atoms with van der Waals surface area (Å²) >= 11 is 5.94. The van der Waals surface area contributed by atoms with Gasteiger partial charge < -0.3 is 9.47 Å². The predicted octanol–water partition coefficient (Wildman–Crippen LogP) is 4.39. The van der Waals surface area contributed by atoms with Gasteiger partial charge in [-0.2, -0.15) is 0 Å². The summed E-state index contributed by atoms with van der Waals surface area (Å²) in [4.78, 5) is 20.6. The third-order valence-corrected chi connectivity index (χ3v) is 4.09. The predicted molar refractivity (Wildman–Crippen MR) is 96.4 cm³/mol. The number of aromatic nitrogens is 2. The van der Waals surface area contributed by atoms with Crippen LogP contribution in [0.2, 0.25) is 5.02 Å². The highest BCUT2D eigenvalue weighted by molar-refractivity contribution is 6.31. The van der Waals surface area contributed by atoms with E-state index in [9.17, 15) is 4.79 Å². The van der Waals surface area contributed by atoms with Crippen LogP contribution in [-0.4, -0.2) is 29.5 Å². The van der Waals surface area contributed by atoms with Crippen molar-refractivity contribution in [2.24, 2.45) is 0 Å². The van der Waals surface area contributed by atoms with Crippen LogP contribution in [0.5, 0.6) is 11.6 Å². The third kappa shape index (κ3) is 4.13. The SMILES string of the molecule is COCC(=O)C(C)c1ccc(Oc2cnc3cc(Cl)ccc3n2)cc1. The molecule has 0 radical (unpaired) electrons. The standard InChI is InChI=1S/C19H17ClN2O3/c1-12(18(23)11-24-2)13-3-6-15(7-4-13)25-19-10-21-17-9-14(20)5-8-16(17)22-19/h3-10,12H,11H2,1-2H3. The minimum atomic E-state index is -0.223. The van der Waals surface area contributed by atoms with Gasteiger partial charge in [-0.05, 0) is 35.9 Å². The molecule has 6 heteroatoms. The van der Waals surface area contributed by atoms with E-state index >= 15 is 0 Å². The highest BCUT2D eigenvalue weighted by atomic mass is 35.5. The van der Waals surface area contributed by atoms with Crippen LogP contribution in [-0.2, 0) is 9.53 Å². The van der Waals surface area contributed by atoms with Gasteiger partial charge in [-0.1, -0.05) is 30.7 Å². The van der Waals surface area contributed by atoms with Crippen LogP contribution in [0.4, 0.5) is 0 Å². The monoisotopic (exact) mass is 356 g/mol. The second kappa shape index (κ2) is 7.59. The van der Waals surface area contributed by atoms with Crippen molar-refractivity contribution in [2.75, 3.05) is 13.7 Å². The van der Waals surface area contributed by atoms with Gasteiger partial charge in [-0.25, -0.2) is 9.97 Å². The number of ketones is 1. The summed E-state index contributed by atoms with van der Waals surface area (Å²) < 4.78 is 10.6. The molecule has 0 bridgehead atoms. The Balaban J connectivity index is 1.75. The molecule has 0 N–H and O–H groups in total. The maximum atomic E-state index is 11.9. The average Bonchev–Trinajstić information content (AvgIpc) is 2.62. The summed E-state index contributed by atoms with van der Waals surface area (Å²) in [5, 5.41) is 0.614. The summed E-state index contributed by atoms with van der Waals surface area (Å²) in [7, 11) is 1.51. The van der Waals surface area contributed by atoms with Gasteiger partial charge in [0.2, 0.25) is 5.88 Å². The summed E-state index contributed by atoms with van der Waals surface area (Å²) in [6.45, 7) is 1.97. The van der Waals surface area contributed by atoms with E-state index in [1.54, 1.807) is 36.5 Å². The lowest BCUT2D eigenvalue weighted by molar-refractivity contribution is -0.123. The fourth-order valence-corrected chi connectivity index (χ4v) is 2.58. The van der Waals surface area contributed by atoms with Crippen molar-refractivity contribution in [2.45, 2.75) is 12.8 Å². The molecule has 1 heterocycles. The summed E-state index contributed by atoms with van der Waals surface area (Å²) in [5.41, 5.74) is 2.33. The van der Waals surface area contributed by atoms with Gasteiger partial charge in [0.25, 0.3) is 0 Å². The lowest BCUT2D eigenvalue weighted by Gasteiger charge is -2.11. The first-order valence-corrected chi connectivity index (χ1v) is 8.16. The Labute approximate surface area is 150 Å². The van der Waals surface area contributed by atoms with E-state index in [1.807, 2.05) is 19.1 Å². The van der Waals surface area contributed by atoms with Gasteiger partial charge in [0.1, 0.15) is 12.4 Å². The lowest BCUT2D eigenvalue weighted by atomic mass is 9.97. The Morgan fingerprint density at radius 1 is 1.16 bits per heavy atom. The molecule has 0 saturated carbocycles. The summed E-state index contributed by atoms with van der Waals surface area (Å²) in [6.07, 6.45) is 1.55. The zero-order valence-electron chi connectivity index (χ0n) is 13.9. The molecule has 25 heavy (non-hydrogen) atoms. The number of benzene rings is 2. The Hall–Kier alpha value is -2.50. The molecule has 0 aliphatic carbocycles. The van der Waals surface area contributed by atoms with Crippen molar-refractivity contribution in [1.29, 1.82) is 0 Å². The second-order valence-electron chi connectivity index (χ2n) is 5.63. The van der Waals surface area contributed by atoms with Crippen LogP contribution < -0.4 is 4.74 Å². The van der Waals surface area contributed by atoms with Crippen LogP contribution in [0.3, 0.4) is 0 Å². The van der Waals surface area contributed by atoms with E-state index in [0.717, 1.165) is 5.56 Å². The number of carbonyl (C=O) groups excluding carboxylic acids is 1. The molecule has 0 saturated heterocycles. The van der Waals surface area contributed by atoms with Crippen LogP contribution in [0.1, 0.15) is 18.4 Å². The molecule has 0 aliphatic heterocycles. The van der Waals surface area contributed by atoms with Crippen molar-refractivity contribution in [1.82, 2.24) is 9.97 Å². The van der Waals surface area contributed by atoms with Crippen molar-refractivity contribution >= 4 is 28.4 Å². The first-order chi connectivity index (χ1) is 12.1. The first kappa shape index (κ1) is 17.3. The maximum absolute atomic E-state index is 11.9. The van der Waals surface area contributed by atoms with E-state index in [4.69, 9.17) is 21.1 Å². The topological polar surface area (TPSA) is 61.3 Å². The largest absolute Gasteiger partial charge is 0.437 e. The second-order valence-corrected chi connectivity index (χ2v) is 6.07. The van der Waals surface area contributed by atoms with E-state index in [-0.39, 0.29) is 18.3 Å². The molecule has 3 aromatic rings. The van der Waals surface area contributed by atoms with Gasteiger partial charge in [-0.3, -0.25) is 4.79 Å². The fourth-order valence-electron chi connectivity index (χ4n) is 2.41. The van der Waals surface area contributed by atoms with E-state index < -0.39 is 0 Å². The van der Waals surface area contributed by atoms with Crippen LogP contribution >= 0.6 is 11.6 Å². The van der Waals surface area contributed by atoms with Crippen LogP contribution in [0.15, 0.2) is 48.7 Å². The minimum absolute atomic E-state index is 0.0372. The number of carbonyl (C=O) groups is 1. The number of hydrogen-bond donors (Lipinski definition) is 0. The van der Waals surface area contributed by atoms with Crippen molar-refractivity contribution in [3.05, 3.63) is 59.2 Å². The molecule has 0 aliphatic rings. The fraction of sp³-hybridized carbons (Fsp3) is 0.211. The Kier molecular flexibility index (Phi) is 5.26. The number of Topliss-reactive ketones (excluding diaryl/α,β-unsaturated/α-hetero) is 1. The van der Waals surface area contributed by atoms with Gasteiger partial charge >= 0.3 is 0 Å². The number of ether oxygens (including phenoxy) is 2. The van der Waals surface area contributed by atoms with Crippen molar-refractivity contribution in [3.63, 3.8) is 0 Å². The van der Waals surface area contributed by atoms with Crippen LogP contribution in [0.25, 0.3) is 11.0 Å². The van der Waals surface area contributed by atoms with Gasteiger partial charge in [0, 0.05) is 18.1 Å². The average molecular weight is 357 g/mol. The smallest absolute Gasteiger partial charge is 0.238 e. The first-order valence-electron chi connectivity index (χ1n) is 7.78. The third-order valence-electron chi connectivity index (χ3n) is 3.85. The zero-order valence-corrected chi connectivity index (χ0v) is 14.7. The molecule has 3 rings (SSSR count). The van der Waals surface area contributed by atoms with Gasteiger partial charge in [0.15, 0.2) is 5.78 Å². The van der Waals surface area contributed by atoms with Gasteiger partial charge in [-0.15, -0.1) is 0 Å².